The lowest BCUT2D eigenvalue weighted by Crippen LogP contribution is -2.42. The lowest BCUT2D eigenvalue weighted by molar-refractivity contribution is -0.133. The molecule has 0 heterocycles. The van der Waals surface area contributed by atoms with Crippen LogP contribution in [0.25, 0.3) is 0 Å². The molecule has 0 unspecified atom stereocenters. The van der Waals surface area contributed by atoms with Crippen LogP contribution in [0.5, 0.6) is 0 Å². The number of rotatable bonds is 6. The molecule has 118 valence electrons. The van der Waals surface area contributed by atoms with Crippen molar-refractivity contribution in [2.24, 2.45) is 5.73 Å². The van der Waals surface area contributed by atoms with E-state index < -0.39 is 15.9 Å². The number of hydrogen-bond donors (Lipinski definition) is 1. The maximum atomic E-state index is 12.2. The molecule has 0 radical (unpaired) electrons. The van der Waals surface area contributed by atoms with Gasteiger partial charge in [-0.05, 0) is 31.0 Å². The number of likely N-dealkylation sites (N-methyl/N-ethyl adjacent to an activating group) is 1. The maximum absolute atomic E-state index is 12.2. The Morgan fingerprint density at radius 3 is 2.24 bits per heavy atom. The van der Waals surface area contributed by atoms with E-state index in [1.807, 2.05) is 13.8 Å². The number of sulfone groups is 1. The first-order chi connectivity index (χ1) is 9.68. The van der Waals surface area contributed by atoms with E-state index in [1.54, 1.807) is 36.2 Å². The number of hydrogen-bond acceptors (Lipinski definition) is 4. The van der Waals surface area contributed by atoms with E-state index in [-0.39, 0.29) is 16.8 Å². The normalized spacial score (nSPS) is 14.5. The lowest BCUT2D eigenvalue weighted by atomic mass is 10.1. The van der Waals surface area contributed by atoms with Gasteiger partial charge in [0, 0.05) is 13.3 Å². The molecule has 0 spiro atoms. The molecule has 21 heavy (non-hydrogen) atoms. The Labute approximate surface area is 127 Å². The summed E-state index contributed by atoms with van der Waals surface area (Å²) in [6, 6.07) is 5.94. The molecule has 5 nitrogen and oxygen atoms in total. The first-order valence-electron chi connectivity index (χ1n) is 7.00. The van der Waals surface area contributed by atoms with Crippen LogP contribution in [0.2, 0.25) is 0 Å². The summed E-state index contributed by atoms with van der Waals surface area (Å²) in [7, 11) is -1.49. The minimum Gasteiger partial charge on any atom is -0.338 e. The van der Waals surface area contributed by atoms with Crippen molar-refractivity contribution in [1.29, 1.82) is 0 Å². The summed E-state index contributed by atoms with van der Waals surface area (Å²) in [5, 5.41) is 0. The van der Waals surface area contributed by atoms with Crippen molar-refractivity contribution < 1.29 is 13.2 Å². The zero-order valence-electron chi connectivity index (χ0n) is 13.0. The second-order valence-corrected chi connectivity index (χ2v) is 7.38. The minimum absolute atomic E-state index is 0.100. The van der Waals surface area contributed by atoms with Crippen molar-refractivity contribution in [1.82, 2.24) is 4.90 Å². The third kappa shape index (κ3) is 4.54. The van der Waals surface area contributed by atoms with Gasteiger partial charge in [-0.15, -0.1) is 0 Å². The fourth-order valence-corrected chi connectivity index (χ4v) is 2.73. The van der Waals surface area contributed by atoms with Crippen LogP contribution in [0, 0.1) is 0 Å². The Bertz CT molecular complexity index is 581. The number of nitrogens with zero attached hydrogens (tertiary/aromatic N) is 1. The molecule has 0 aliphatic carbocycles. The van der Waals surface area contributed by atoms with Crippen LogP contribution in [0.3, 0.4) is 0 Å². The molecular formula is C15H24N2O3S. The standard InChI is InChI=1S/C15H24N2O3S/c1-5-6-14(16)15(18)17(3)11(2)12-7-9-13(10-8-12)21(4,19)20/h7-11,14H,5-6,16H2,1-4H3/t11-,14-/m0/s1. The number of carbonyl (C=O) groups excluding carboxylic acids is 1. The van der Waals surface area contributed by atoms with E-state index in [4.69, 9.17) is 5.73 Å². The van der Waals surface area contributed by atoms with Crippen LogP contribution in [0.15, 0.2) is 29.2 Å². The summed E-state index contributed by atoms with van der Waals surface area (Å²) in [5.41, 5.74) is 6.73. The molecule has 0 fully saturated rings. The number of carbonyl (C=O) groups is 1. The van der Waals surface area contributed by atoms with Gasteiger partial charge in [0.1, 0.15) is 0 Å². The van der Waals surface area contributed by atoms with Crippen molar-refractivity contribution in [2.75, 3.05) is 13.3 Å². The third-order valence-corrected chi connectivity index (χ3v) is 4.76. The van der Waals surface area contributed by atoms with Crippen molar-refractivity contribution in [3.63, 3.8) is 0 Å². The summed E-state index contributed by atoms with van der Waals surface area (Å²) < 4.78 is 22.9. The Morgan fingerprint density at radius 1 is 1.29 bits per heavy atom. The second-order valence-electron chi connectivity index (χ2n) is 5.36. The molecule has 0 aliphatic heterocycles. The fraction of sp³-hybridized carbons (Fsp3) is 0.533. The highest BCUT2D eigenvalue weighted by Crippen LogP contribution is 2.21. The van der Waals surface area contributed by atoms with Gasteiger partial charge in [0.05, 0.1) is 17.0 Å². The number of amides is 1. The van der Waals surface area contributed by atoms with Gasteiger partial charge in [-0.2, -0.15) is 0 Å². The quantitative estimate of drug-likeness (QED) is 0.867. The van der Waals surface area contributed by atoms with Crippen LogP contribution in [-0.2, 0) is 14.6 Å². The van der Waals surface area contributed by atoms with E-state index in [1.165, 1.54) is 6.26 Å². The summed E-state index contributed by atoms with van der Waals surface area (Å²) in [4.78, 5) is 14.1. The van der Waals surface area contributed by atoms with Crippen molar-refractivity contribution in [3.8, 4) is 0 Å². The Hall–Kier alpha value is -1.40. The topological polar surface area (TPSA) is 80.5 Å². The van der Waals surface area contributed by atoms with Crippen molar-refractivity contribution in [2.45, 2.75) is 43.7 Å². The van der Waals surface area contributed by atoms with E-state index in [0.29, 0.717) is 6.42 Å². The molecule has 2 atom stereocenters. The molecule has 1 amide bonds. The summed E-state index contributed by atoms with van der Waals surface area (Å²) in [5.74, 6) is -0.100. The van der Waals surface area contributed by atoms with Gasteiger partial charge in [-0.1, -0.05) is 25.5 Å². The predicted octanol–water partition coefficient (Wildman–Crippen LogP) is 1.74. The average molecular weight is 312 g/mol. The Morgan fingerprint density at radius 2 is 1.81 bits per heavy atom. The first kappa shape index (κ1) is 17.7. The van der Waals surface area contributed by atoms with Gasteiger partial charge in [0.25, 0.3) is 0 Å². The van der Waals surface area contributed by atoms with E-state index in [2.05, 4.69) is 0 Å². The van der Waals surface area contributed by atoms with E-state index in [0.717, 1.165) is 12.0 Å². The SMILES string of the molecule is CCC[C@H](N)C(=O)N(C)[C@@H](C)c1ccc(S(C)(=O)=O)cc1. The zero-order chi connectivity index (χ0) is 16.2. The third-order valence-electron chi connectivity index (χ3n) is 3.64. The Kier molecular flexibility index (Phi) is 5.92. The summed E-state index contributed by atoms with van der Waals surface area (Å²) in [6.45, 7) is 3.88. The highest BCUT2D eigenvalue weighted by atomic mass is 32.2. The van der Waals surface area contributed by atoms with E-state index >= 15 is 0 Å². The van der Waals surface area contributed by atoms with Crippen LogP contribution in [-0.4, -0.2) is 38.6 Å². The molecule has 6 heteroatoms. The smallest absolute Gasteiger partial charge is 0.239 e. The van der Waals surface area contributed by atoms with Crippen molar-refractivity contribution in [3.05, 3.63) is 29.8 Å². The molecule has 0 aliphatic rings. The number of nitrogens with two attached hydrogens (primary N) is 1. The number of benzene rings is 1. The molecular weight excluding hydrogens is 288 g/mol. The summed E-state index contributed by atoms with van der Waals surface area (Å²) in [6.07, 6.45) is 2.69. The van der Waals surface area contributed by atoms with Gasteiger partial charge in [-0.25, -0.2) is 8.42 Å². The van der Waals surface area contributed by atoms with Crippen LogP contribution in [0.4, 0.5) is 0 Å². The Balaban J connectivity index is 2.88. The predicted molar refractivity (Wildman–Crippen MR) is 83.6 cm³/mol. The molecule has 0 saturated carbocycles. The van der Waals surface area contributed by atoms with E-state index in [9.17, 15) is 13.2 Å². The minimum atomic E-state index is -3.20. The zero-order valence-corrected chi connectivity index (χ0v) is 13.9. The molecule has 2 N–H and O–H groups in total. The highest BCUT2D eigenvalue weighted by molar-refractivity contribution is 7.90. The van der Waals surface area contributed by atoms with Gasteiger partial charge < -0.3 is 10.6 Å². The van der Waals surface area contributed by atoms with Gasteiger partial charge in [0.2, 0.25) is 5.91 Å². The first-order valence-corrected chi connectivity index (χ1v) is 8.90. The molecule has 1 aromatic rings. The van der Waals surface area contributed by atoms with Crippen LogP contribution >= 0.6 is 0 Å². The van der Waals surface area contributed by atoms with Crippen LogP contribution in [0.1, 0.15) is 38.3 Å². The van der Waals surface area contributed by atoms with Crippen LogP contribution < -0.4 is 5.73 Å². The lowest BCUT2D eigenvalue weighted by Gasteiger charge is -2.28. The van der Waals surface area contributed by atoms with Gasteiger partial charge >= 0.3 is 0 Å². The largest absolute Gasteiger partial charge is 0.338 e. The average Bonchev–Trinajstić information content (AvgIpc) is 2.44. The van der Waals surface area contributed by atoms with Crippen molar-refractivity contribution >= 4 is 15.7 Å². The fourth-order valence-electron chi connectivity index (χ4n) is 2.10. The molecule has 0 saturated heterocycles. The summed E-state index contributed by atoms with van der Waals surface area (Å²) >= 11 is 0. The maximum Gasteiger partial charge on any atom is 0.239 e. The molecule has 0 aromatic heterocycles. The molecule has 1 rings (SSSR count). The molecule has 0 bridgehead atoms. The second kappa shape index (κ2) is 7.04. The molecule has 1 aromatic carbocycles. The highest BCUT2D eigenvalue weighted by Gasteiger charge is 2.22. The van der Waals surface area contributed by atoms with Gasteiger partial charge in [0.15, 0.2) is 9.84 Å². The monoisotopic (exact) mass is 312 g/mol. The van der Waals surface area contributed by atoms with Gasteiger partial charge in [-0.3, -0.25) is 4.79 Å².